The van der Waals surface area contributed by atoms with Crippen LogP contribution < -0.4 is 10.2 Å². The molecule has 0 saturated carbocycles. The van der Waals surface area contributed by atoms with Gasteiger partial charge in [-0.05, 0) is 71.1 Å². The number of nitrogens with zero attached hydrogens (tertiary/aromatic N) is 1. The number of carbonyl (C=O) groups excluding carboxylic acids is 5. The molecule has 2 atom stereocenters. The van der Waals surface area contributed by atoms with E-state index in [1.54, 1.807) is 24.3 Å². The molecule has 0 radical (unpaired) electrons. The van der Waals surface area contributed by atoms with Crippen LogP contribution in [0.25, 0.3) is 0 Å². The monoisotopic (exact) mass is 614 g/mol. The molecule has 3 amide bonds. The number of imide groups is 1. The third kappa shape index (κ3) is 4.84. The minimum atomic E-state index is -0.776. The Bertz CT molecular complexity index is 1780. The van der Waals surface area contributed by atoms with Crippen LogP contribution in [0.5, 0.6) is 0 Å². The zero-order valence-electron chi connectivity index (χ0n) is 25.0. The van der Waals surface area contributed by atoms with Gasteiger partial charge in [0.2, 0.25) is 11.8 Å². The molecule has 1 fully saturated rings. The lowest BCUT2D eigenvalue weighted by molar-refractivity contribution is -0.122. The Hall–Kier alpha value is -5.57. The van der Waals surface area contributed by atoms with Crippen molar-refractivity contribution in [1.82, 2.24) is 0 Å². The molecule has 1 aliphatic heterocycles. The number of benzene rings is 4. The fourth-order valence-corrected chi connectivity index (χ4v) is 7.08. The quantitative estimate of drug-likeness (QED) is 0.207. The van der Waals surface area contributed by atoms with E-state index in [9.17, 15) is 24.0 Å². The van der Waals surface area contributed by atoms with Crippen LogP contribution >= 0.6 is 0 Å². The van der Waals surface area contributed by atoms with E-state index in [1.807, 2.05) is 55.5 Å². The standard InChI is InChI=1S/C37H30N2O7/c1-2-18-45-36(43)21-14-16-23(17-15-21)38-29(40)20-46-37(44)22-8-7-9-24(19-22)39-34(41)32-30-25-10-3-4-11-26(25)31(33(32)35(39)42)28-13-6-5-12-27(28)30/h3-17,19,30-33H,2,18,20H2,1H3,(H,38,40)/t30?,31?,32-,33+. The summed E-state index contributed by atoms with van der Waals surface area (Å²) in [4.78, 5) is 66.7. The Morgan fingerprint density at radius 2 is 1.22 bits per heavy atom. The summed E-state index contributed by atoms with van der Waals surface area (Å²) in [6, 6.07) is 28.4. The molecule has 0 unspecified atom stereocenters. The topological polar surface area (TPSA) is 119 Å². The molecular formula is C37H30N2O7. The third-order valence-electron chi connectivity index (χ3n) is 8.96. The second-order valence-corrected chi connectivity index (χ2v) is 11.7. The van der Waals surface area contributed by atoms with E-state index in [2.05, 4.69) is 5.32 Å². The molecule has 1 saturated heterocycles. The van der Waals surface area contributed by atoms with Crippen LogP contribution in [0.4, 0.5) is 11.4 Å². The predicted molar refractivity (Wildman–Crippen MR) is 168 cm³/mol. The summed E-state index contributed by atoms with van der Waals surface area (Å²) in [6.45, 7) is 1.66. The molecule has 0 spiro atoms. The van der Waals surface area contributed by atoms with Gasteiger partial charge in [0.15, 0.2) is 6.61 Å². The Balaban J connectivity index is 1.05. The average molecular weight is 615 g/mol. The number of hydrogen-bond donors (Lipinski definition) is 1. The zero-order chi connectivity index (χ0) is 31.9. The molecule has 0 aromatic heterocycles. The van der Waals surface area contributed by atoms with Gasteiger partial charge in [-0.25, -0.2) is 14.5 Å². The lowest BCUT2D eigenvalue weighted by Gasteiger charge is -2.45. The van der Waals surface area contributed by atoms with Crippen LogP contribution in [-0.4, -0.2) is 42.9 Å². The molecule has 3 aliphatic carbocycles. The molecule has 4 aliphatic rings. The molecule has 8 rings (SSSR count). The van der Waals surface area contributed by atoms with Gasteiger partial charge >= 0.3 is 11.9 Å². The van der Waals surface area contributed by atoms with E-state index >= 15 is 0 Å². The number of rotatable bonds is 8. The number of amides is 3. The third-order valence-corrected chi connectivity index (χ3v) is 8.96. The number of carbonyl (C=O) groups is 5. The van der Waals surface area contributed by atoms with E-state index in [0.29, 0.717) is 24.3 Å². The summed E-state index contributed by atoms with van der Waals surface area (Å²) >= 11 is 0. The lowest BCUT2D eigenvalue weighted by Crippen LogP contribution is -2.41. The summed E-state index contributed by atoms with van der Waals surface area (Å²) < 4.78 is 10.3. The lowest BCUT2D eigenvalue weighted by atomic mass is 9.55. The summed E-state index contributed by atoms with van der Waals surface area (Å²) in [5, 5.41) is 2.62. The van der Waals surface area contributed by atoms with E-state index in [0.717, 1.165) is 22.3 Å². The van der Waals surface area contributed by atoms with Gasteiger partial charge in [0.1, 0.15) is 0 Å². The summed E-state index contributed by atoms with van der Waals surface area (Å²) in [5.74, 6) is -3.93. The van der Waals surface area contributed by atoms with Crippen molar-refractivity contribution in [3.8, 4) is 0 Å². The van der Waals surface area contributed by atoms with E-state index in [4.69, 9.17) is 9.47 Å². The predicted octanol–water partition coefficient (Wildman–Crippen LogP) is 5.45. The zero-order valence-corrected chi connectivity index (χ0v) is 25.0. The Labute approximate surface area is 265 Å². The van der Waals surface area contributed by atoms with Crippen molar-refractivity contribution in [2.45, 2.75) is 25.2 Å². The molecule has 46 heavy (non-hydrogen) atoms. The fraction of sp³-hybridized carbons (Fsp3) is 0.216. The van der Waals surface area contributed by atoms with E-state index in [1.165, 1.54) is 29.2 Å². The van der Waals surface area contributed by atoms with Gasteiger partial charge in [0.25, 0.3) is 5.91 Å². The SMILES string of the molecule is CCCOC(=O)c1ccc(NC(=O)COC(=O)c2cccc(N3C(=O)[C@@H]4C5c6ccccc6C(c6ccccc65)[C@@H]4C3=O)c2)cc1. The van der Waals surface area contributed by atoms with Crippen molar-refractivity contribution >= 4 is 41.0 Å². The maximum atomic E-state index is 14.0. The molecular weight excluding hydrogens is 584 g/mol. The molecule has 4 aromatic rings. The van der Waals surface area contributed by atoms with Gasteiger partial charge in [-0.3, -0.25) is 14.4 Å². The van der Waals surface area contributed by atoms with Crippen LogP contribution in [0.3, 0.4) is 0 Å². The Morgan fingerprint density at radius 3 is 1.76 bits per heavy atom. The normalized spacial score (nSPS) is 20.4. The first kappa shape index (κ1) is 29.2. The van der Waals surface area contributed by atoms with Crippen LogP contribution in [0.15, 0.2) is 97.1 Å². The summed E-state index contributed by atoms with van der Waals surface area (Å²) in [5.41, 5.74) is 5.48. The van der Waals surface area contributed by atoms with Crippen LogP contribution in [-0.2, 0) is 23.9 Å². The number of ether oxygens (including phenoxy) is 2. The van der Waals surface area contributed by atoms with Crippen molar-refractivity contribution in [3.05, 3.63) is 130 Å². The van der Waals surface area contributed by atoms with Gasteiger partial charge < -0.3 is 14.8 Å². The van der Waals surface area contributed by atoms with Crippen LogP contribution in [0.1, 0.15) is 68.2 Å². The summed E-state index contributed by atoms with van der Waals surface area (Å²) in [6.07, 6.45) is 0.712. The molecule has 9 heteroatoms. The molecule has 1 N–H and O–H groups in total. The van der Waals surface area contributed by atoms with Crippen LogP contribution in [0.2, 0.25) is 0 Å². The molecule has 230 valence electrons. The van der Waals surface area contributed by atoms with Crippen molar-refractivity contribution in [1.29, 1.82) is 0 Å². The molecule has 2 bridgehead atoms. The Kier molecular flexibility index (Phi) is 7.44. The number of anilines is 2. The highest BCUT2D eigenvalue weighted by Gasteiger charge is 2.61. The largest absolute Gasteiger partial charge is 0.462 e. The first-order valence-electron chi connectivity index (χ1n) is 15.3. The minimum Gasteiger partial charge on any atom is -0.462 e. The molecule has 4 aromatic carbocycles. The highest BCUT2D eigenvalue weighted by atomic mass is 16.5. The van der Waals surface area contributed by atoms with Crippen molar-refractivity contribution in [3.63, 3.8) is 0 Å². The van der Waals surface area contributed by atoms with Gasteiger partial charge in [-0.15, -0.1) is 0 Å². The minimum absolute atomic E-state index is 0.102. The highest BCUT2D eigenvalue weighted by molar-refractivity contribution is 6.23. The second kappa shape index (κ2) is 11.7. The number of esters is 2. The van der Waals surface area contributed by atoms with Crippen molar-refractivity contribution in [2.24, 2.45) is 11.8 Å². The van der Waals surface area contributed by atoms with Gasteiger partial charge in [-0.2, -0.15) is 0 Å². The maximum Gasteiger partial charge on any atom is 0.338 e. The van der Waals surface area contributed by atoms with Crippen molar-refractivity contribution in [2.75, 3.05) is 23.4 Å². The summed E-state index contributed by atoms with van der Waals surface area (Å²) in [7, 11) is 0. The van der Waals surface area contributed by atoms with Gasteiger partial charge in [-0.1, -0.05) is 61.5 Å². The molecule has 1 heterocycles. The first-order chi connectivity index (χ1) is 22.4. The highest BCUT2D eigenvalue weighted by Crippen LogP contribution is 2.61. The smallest absolute Gasteiger partial charge is 0.338 e. The number of hydrogen-bond acceptors (Lipinski definition) is 7. The Morgan fingerprint density at radius 1 is 0.674 bits per heavy atom. The molecule has 9 nitrogen and oxygen atoms in total. The second-order valence-electron chi connectivity index (χ2n) is 11.7. The van der Waals surface area contributed by atoms with Gasteiger partial charge in [0, 0.05) is 17.5 Å². The van der Waals surface area contributed by atoms with Crippen LogP contribution in [0, 0.1) is 11.8 Å². The van der Waals surface area contributed by atoms with E-state index in [-0.39, 0.29) is 34.9 Å². The average Bonchev–Trinajstić information content (AvgIpc) is 3.36. The van der Waals surface area contributed by atoms with Gasteiger partial charge in [0.05, 0.1) is 35.3 Å². The maximum absolute atomic E-state index is 14.0. The first-order valence-corrected chi connectivity index (χ1v) is 15.3. The number of nitrogens with one attached hydrogen (secondary N) is 1. The van der Waals surface area contributed by atoms with E-state index < -0.39 is 36.3 Å². The van der Waals surface area contributed by atoms with Crippen molar-refractivity contribution < 1.29 is 33.4 Å². The fourth-order valence-electron chi connectivity index (χ4n) is 7.08.